The maximum atomic E-state index is 6.19. The third kappa shape index (κ3) is 2.33. The van der Waals surface area contributed by atoms with Crippen LogP contribution >= 0.6 is 12.4 Å². The minimum absolute atomic E-state index is 0. The fourth-order valence-corrected chi connectivity index (χ4v) is 2.29. The number of ether oxygens (including phenoxy) is 1. The zero-order chi connectivity index (χ0) is 10.3. The summed E-state index contributed by atoms with van der Waals surface area (Å²) in [6, 6.07) is 6.65. The molecule has 2 N–H and O–H groups in total. The number of nitrogens with two attached hydrogens (primary N) is 1. The molecule has 1 aromatic rings. The zero-order valence-electron chi connectivity index (χ0n) is 9.32. The molecule has 0 spiro atoms. The van der Waals surface area contributed by atoms with Gasteiger partial charge in [0.2, 0.25) is 0 Å². The van der Waals surface area contributed by atoms with Gasteiger partial charge in [-0.25, -0.2) is 0 Å². The molecule has 0 radical (unpaired) electrons. The van der Waals surface area contributed by atoms with E-state index in [0.717, 1.165) is 31.1 Å². The predicted molar refractivity (Wildman–Crippen MR) is 67.2 cm³/mol. The minimum Gasteiger partial charge on any atom is -0.493 e. The maximum Gasteiger partial charge on any atom is 0.122 e. The van der Waals surface area contributed by atoms with Gasteiger partial charge in [0.05, 0.1) is 6.61 Å². The van der Waals surface area contributed by atoms with Crippen LogP contribution in [-0.4, -0.2) is 6.61 Å². The first-order chi connectivity index (χ1) is 7.33. The van der Waals surface area contributed by atoms with Crippen LogP contribution < -0.4 is 10.5 Å². The van der Waals surface area contributed by atoms with Crippen molar-refractivity contribution in [3.8, 4) is 5.75 Å². The van der Waals surface area contributed by atoms with Gasteiger partial charge < -0.3 is 10.5 Å². The van der Waals surface area contributed by atoms with E-state index >= 15 is 0 Å². The molecule has 3 heteroatoms. The van der Waals surface area contributed by atoms with E-state index in [4.69, 9.17) is 10.5 Å². The van der Waals surface area contributed by atoms with Crippen molar-refractivity contribution in [2.75, 3.05) is 6.61 Å². The number of hydrogen-bond acceptors (Lipinski definition) is 2. The summed E-state index contributed by atoms with van der Waals surface area (Å²) in [7, 11) is 0. The summed E-state index contributed by atoms with van der Waals surface area (Å²) in [5.41, 5.74) is 8.80. The summed E-state index contributed by atoms with van der Waals surface area (Å²) < 4.78 is 5.49. The lowest BCUT2D eigenvalue weighted by molar-refractivity contribution is 0.357. The molecule has 2 aliphatic rings. The molecule has 1 aliphatic heterocycles. The van der Waals surface area contributed by atoms with Crippen molar-refractivity contribution in [2.45, 2.75) is 31.7 Å². The Morgan fingerprint density at radius 2 is 2.19 bits per heavy atom. The monoisotopic (exact) mass is 239 g/mol. The molecular weight excluding hydrogens is 222 g/mol. The van der Waals surface area contributed by atoms with Crippen molar-refractivity contribution in [2.24, 2.45) is 11.7 Å². The van der Waals surface area contributed by atoms with E-state index in [-0.39, 0.29) is 18.4 Å². The fraction of sp³-hybridized carbons (Fsp3) is 0.538. The van der Waals surface area contributed by atoms with Crippen molar-refractivity contribution in [3.63, 3.8) is 0 Å². The topological polar surface area (TPSA) is 35.2 Å². The van der Waals surface area contributed by atoms with Gasteiger partial charge in [-0.3, -0.25) is 0 Å². The molecule has 0 amide bonds. The van der Waals surface area contributed by atoms with Gasteiger partial charge in [-0.1, -0.05) is 25.0 Å². The van der Waals surface area contributed by atoms with Gasteiger partial charge in [0.1, 0.15) is 5.75 Å². The second-order valence-electron chi connectivity index (χ2n) is 4.75. The van der Waals surface area contributed by atoms with Gasteiger partial charge in [-0.2, -0.15) is 0 Å². The molecule has 0 unspecified atom stereocenters. The Balaban J connectivity index is 0.000000963. The summed E-state index contributed by atoms with van der Waals surface area (Å²) in [6.07, 6.45) is 4.95. The Hall–Kier alpha value is -0.730. The van der Waals surface area contributed by atoms with Crippen molar-refractivity contribution in [1.82, 2.24) is 0 Å². The van der Waals surface area contributed by atoms with E-state index in [2.05, 4.69) is 18.2 Å². The molecule has 1 aliphatic carbocycles. The van der Waals surface area contributed by atoms with Crippen LogP contribution in [-0.2, 0) is 6.42 Å². The molecule has 0 bridgehead atoms. The highest BCUT2D eigenvalue weighted by molar-refractivity contribution is 5.85. The fourth-order valence-electron chi connectivity index (χ4n) is 2.29. The van der Waals surface area contributed by atoms with Crippen LogP contribution in [0.5, 0.6) is 5.75 Å². The van der Waals surface area contributed by atoms with Crippen LogP contribution in [0.2, 0.25) is 0 Å². The van der Waals surface area contributed by atoms with E-state index in [0.29, 0.717) is 0 Å². The number of benzene rings is 1. The van der Waals surface area contributed by atoms with E-state index in [1.165, 1.54) is 24.0 Å². The minimum atomic E-state index is 0. The summed E-state index contributed by atoms with van der Waals surface area (Å²) >= 11 is 0. The lowest BCUT2D eigenvalue weighted by Crippen LogP contribution is -2.11. The first-order valence-corrected chi connectivity index (χ1v) is 5.84. The lowest BCUT2D eigenvalue weighted by atomic mass is 9.99. The Morgan fingerprint density at radius 3 is 2.94 bits per heavy atom. The average Bonchev–Trinajstić information content (AvgIpc) is 2.94. The van der Waals surface area contributed by atoms with Crippen LogP contribution in [0.1, 0.15) is 36.4 Å². The largest absolute Gasteiger partial charge is 0.493 e. The Labute approximate surface area is 103 Å². The van der Waals surface area contributed by atoms with E-state index < -0.39 is 0 Å². The van der Waals surface area contributed by atoms with Crippen LogP contribution in [0.25, 0.3) is 0 Å². The Kier molecular flexibility index (Phi) is 3.41. The molecule has 1 atom stereocenters. The molecule has 0 saturated heterocycles. The van der Waals surface area contributed by atoms with Gasteiger partial charge >= 0.3 is 0 Å². The molecule has 1 fully saturated rings. The first kappa shape index (κ1) is 11.7. The SMILES string of the molecule is Cl.N[C@@H](CC1CC1)c1ccc2c(c1)CCO2. The number of rotatable bonds is 3. The molecule has 1 saturated carbocycles. The number of halogens is 1. The molecule has 88 valence electrons. The molecule has 1 aromatic carbocycles. The van der Waals surface area contributed by atoms with E-state index in [9.17, 15) is 0 Å². The van der Waals surface area contributed by atoms with E-state index in [1.54, 1.807) is 0 Å². The van der Waals surface area contributed by atoms with Crippen LogP contribution in [0, 0.1) is 5.92 Å². The summed E-state index contributed by atoms with van der Waals surface area (Å²) in [4.78, 5) is 0. The number of fused-ring (bicyclic) bond motifs is 1. The van der Waals surface area contributed by atoms with E-state index in [1.807, 2.05) is 0 Å². The van der Waals surface area contributed by atoms with Crippen LogP contribution in [0.15, 0.2) is 18.2 Å². The van der Waals surface area contributed by atoms with Crippen LogP contribution in [0.3, 0.4) is 0 Å². The van der Waals surface area contributed by atoms with Gasteiger partial charge in [0.25, 0.3) is 0 Å². The third-order valence-electron chi connectivity index (χ3n) is 3.43. The highest BCUT2D eigenvalue weighted by Gasteiger charge is 2.25. The number of hydrogen-bond donors (Lipinski definition) is 1. The quantitative estimate of drug-likeness (QED) is 0.881. The summed E-state index contributed by atoms with van der Waals surface area (Å²) in [6.45, 7) is 0.830. The maximum absolute atomic E-state index is 6.19. The van der Waals surface area contributed by atoms with Gasteiger partial charge in [0, 0.05) is 12.5 Å². The van der Waals surface area contributed by atoms with Crippen molar-refractivity contribution in [3.05, 3.63) is 29.3 Å². The normalized spacial score (nSPS) is 19.6. The molecule has 1 heterocycles. The molecule has 2 nitrogen and oxygen atoms in total. The highest BCUT2D eigenvalue weighted by atomic mass is 35.5. The van der Waals surface area contributed by atoms with Gasteiger partial charge in [-0.15, -0.1) is 12.4 Å². The third-order valence-corrected chi connectivity index (χ3v) is 3.43. The first-order valence-electron chi connectivity index (χ1n) is 5.84. The van der Waals surface area contributed by atoms with Crippen LogP contribution in [0.4, 0.5) is 0 Å². The predicted octanol–water partition coefficient (Wildman–Crippen LogP) is 2.84. The molecule has 3 rings (SSSR count). The summed E-state index contributed by atoms with van der Waals surface area (Å²) in [5, 5.41) is 0. The Bertz CT molecular complexity index is 376. The molecular formula is C13H18ClNO. The van der Waals surface area contributed by atoms with Crippen molar-refractivity contribution < 1.29 is 4.74 Å². The molecule has 0 aromatic heterocycles. The zero-order valence-corrected chi connectivity index (χ0v) is 10.1. The van der Waals surface area contributed by atoms with Gasteiger partial charge in [0.15, 0.2) is 0 Å². The second-order valence-corrected chi connectivity index (χ2v) is 4.75. The standard InChI is InChI=1S/C13H17NO.ClH/c14-12(7-9-1-2-9)10-3-4-13-11(8-10)5-6-15-13;/h3-4,8-9,12H,1-2,5-7,14H2;1H/t12-;/m0./s1. The average molecular weight is 240 g/mol. The van der Waals surface area contributed by atoms with Gasteiger partial charge in [-0.05, 0) is 29.5 Å². The second kappa shape index (κ2) is 4.64. The van der Waals surface area contributed by atoms with Crippen molar-refractivity contribution in [1.29, 1.82) is 0 Å². The Morgan fingerprint density at radius 1 is 1.38 bits per heavy atom. The smallest absolute Gasteiger partial charge is 0.122 e. The summed E-state index contributed by atoms with van der Waals surface area (Å²) in [5.74, 6) is 1.95. The lowest BCUT2D eigenvalue weighted by Gasteiger charge is -2.12. The molecule has 16 heavy (non-hydrogen) atoms. The van der Waals surface area contributed by atoms with Crippen molar-refractivity contribution >= 4 is 12.4 Å². The highest BCUT2D eigenvalue weighted by Crippen LogP contribution is 2.37.